The molecule has 1 saturated heterocycles. The Balaban J connectivity index is 2.11. The fraction of sp³-hybridized carbons (Fsp3) is 0.615. The van der Waals surface area contributed by atoms with Gasteiger partial charge in [-0.3, -0.25) is 4.68 Å². The largest absolute Gasteiger partial charge is 0.487 e. The highest BCUT2D eigenvalue weighted by molar-refractivity contribution is 6.52. The first-order valence-electron chi connectivity index (χ1n) is 6.25. The third-order valence-electron chi connectivity index (χ3n) is 3.98. The average Bonchev–Trinajstić information content (AvgIpc) is 2.65. The molecule has 2 heterocycles. The van der Waals surface area contributed by atoms with Crippen LogP contribution in [0.3, 0.4) is 0 Å². The fourth-order valence-corrected chi connectivity index (χ4v) is 1.83. The number of hydrogen-bond acceptors (Lipinski definition) is 3. The van der Waals surface area contributed by atoms with E-state index in [1.165, 1.54) is 0 Å². The Labute approximate surface area is 109 Å². The van der Waals surface area contributed by atoms with Gasteiger partial charge < -0.3 is 9.31 Å². The molecule has 2 rings (SSSR count). The van der Waals surface area contributed by atoms with Crippen LogP contribution in [0, 0.1) is 6.92 Å². The summed E-state index contributed by atoms with van der Waals surface area (Å²) in [5, 5.41) is 4.20. The van der Waals surface area contributed by atoms with E-state index < -0.39 is 0 Å². The van der Waals surface area contributed by atoms with E-state index in [9.17, 15) is 0 Å². The standard InChI is InChI=1S/C13H21BN2O2/c1-10-11(9-15-16(10)6)7-8-14-17-12(2,3)13(4,5)18-14/h7-9H,1-6H3/b8-7+. The highest BCUT2D eigenvalue weighted by Gasteiger charge is 2.49. The molecule has 4 nitrogen and oxygen atoms in total. The molecule has 1 aromatic rings. The first-order valence-corrected chi connectivity index (χ1v) is 6.25. The van der Waals surface area contributed by atoms with Gasteiger partial charge in [-0.1, -0.05) is 12.1 Å². The van der Waals surface area contributed by atoms with E-state index >= 15 is 0 Å². The lowest BCUT2D eigenvalue weighted by Crippen LogP contribution is -2.41. The monoisotopic (exact) mass is 248 g/mol. The van der Waals surface area contributed by atoms with E-state index in [1.807, 2.05) is 36.9 Å². The van der Waals surface area contributed by atoms with Gasteiger partial charge in [0.05, 0.1) is 17.4 Å². The van der Waals surface area contributed by atoms with Crippen molar-refractivity contribution in [3.05, 3.63) is 23.4 Å². The van der Waals surface area contributed by atoms with Crippen molar-refractivity contribution in [2.75, 3.05) is 0 Å². The average molecular weight is 248 g/mol. The molecular weight excluding hydrogens is 227 g/mol. The summed E-state index contributed by atoms with van der Waals surface area (Å²) in [6.45, 7) is 10.2. The Morgan fingerprint density at radius 2 is 1.78 bits per heavy atom. The number of aromatic nitrogens is 2. The van der Waals surface area contributed by atoms with Gasteiger partial charge in [0.25, 0.3) is 0 Å². The predicted octanol–water partition coefficient (Wildman–Crippen LogP) is 2.37. The van der Waals surface area contributed by atoms with Gasteiger partial charge in [0, 0.05) is 18.3 Å². The number of aryl methyl sites for hydroxylation is 1. The highest BCUT2D eigenvalue weighted by Crippen LogP contribution is 2.37. The van der Waals surface area contributed by atoms with Crippen molar-refractivity contribution >= 4 is 13.2 Å². The SMILES string of the molecule is Cc1c(/C=C/B2OC(C)(C)C(C)(C)O2)cnn1C. The molecule has 0 radical (unpaired) electrons. The van der Waals surface area contributed by atoms with Crippen molar-refractivity contribution in [2.24, 2.45) is 7.05 Å². The third-order valence-corrected chi connectivity index (χ3v) is 3.98. The van der Waals surface area contributed by atoms with Crippen LogP contribution in [0.15, 0.2) is 12.2 Å². The van der Waals surface area contributed by atoms with Gasteiger partial charge in [0.1, 0.15) is 0 Å². The first kappa shape index (κ1) is 13.4. The number of nitrogens with zero attached hydrogens (tertiary/aromatic N) is 2. The van der Waals surface area contributed by atoms with E-state index in [4.69, 9.17) is 9.31 Å². The summed E-state index contributed by atoms with van der Waals surface area (Å²) in [5.41, 5.74) is 1.65. The van der Waals surface area contributed by atoms with Gasteiger partial charge in [0.15, 0.2) is 0 Å². The summed E-state index contributed by atoms with van der Waals surface area (Å²) in [6.07, 6.45) is 3.85. The Morgan fingerprint density at radius 3 is 2.22 bits per heavy atom. The summed E-state index contributed by atoms with van der Waals surface area (Å²) in [5.74, 6) is 1.94. The normalized spacial score (nSPS) is 22.0. The van der Waals surface area contributed by atoms with Crippen LogP contribution in [0.5, 0.6) is 0 Å². The van der Waals surface area contributed by atoms with E-state index in [0.29, 0.717) is 0 Å². The number of hydrogen-bond donors (Lipinski definition) is 0. The quantitative estimate of drug-likeness (QED) is 0.754. The molecule has 0 atom stereocenters. The maximum atomic E-state index is 5.90. The summed E-state index contributed by atoms with van der Waals surface area (Å²) in [7, 11) is 1.64. The molecule has 0 aromatic carbocycles. The zero-order valence-corrected chi connectivity index (χ0v) is 12.0. The zero-order chi connectivity index (χ0) is 13.6. The molecular formula is C13H21BN2O2. The van der Waals surface area contributed by atoms with E-state index in [2.05, 4.69) is 32.8 Å². The van der Waals surface area contributed by atoms with Gasteiger partial charge in [-0.15, -0.1) is 0 Å². The topological polar surface area (TPSA) is 36.3 Å². The van der Waals surface area contributed by atoms with Crippen molar-refractivity contribution in [1.82, 2.24) is 9.78 Å². The van der Waals surface area contributed by atoms with Crippen LogP contribution < -0.4 is 0 Å². The van der Waals surface area contributed by atoms with Crippen LogP contribution in [0.1, 0.15) is 39.0 Å². The molecule has 18 heavy (non-hydrogen) atoms. The first-order chi connectivity index (χ1) is 8.23. The minimum absolute atomic E-state index is 0.286. The van der Waals surface area contributed by atoms with Crippen molar-refractivity contribution < 1.29 is 9.31 Å². The highest BCUT2D eigenvalue weighted by atomic mass is 16.7. The minimum atomic E-state index is -0.297. The van der Waals surface area contributed by atoms with E-state index in [0.717, 1.165) is 11.3 Å². The summed E-state index contributed by atoms with van der Waals surface area (Å²) in [6, 6.07) is 0. The molecule has 1 fully saturated rings. The van der Waals surface area contributed by atoms with Crippen LogP contribution >= 0.6 is 0 Å². The molecule has 1 aliphatic rings. The second-order valence-electron chi connectivity index (χ2n) is 5.79. The predicted molar refractivity (Wildman–Crippen MR) is 73.1 cm³/mol. The molecule has 0 N–H and O–H groups in total. The number of rotatable bonds is 2. The van der Waals surface area contributed by atoms with Crippen molar-refractivity contribution in [1.29, 1.82) is 0 Å². The Morgan fingerprint density at radius 1 is 1.22 bits per heavy atom. The van der Waals surface area contributed by atoms with Gasteiger partial charge in [0.2, 0.25) is 0 Å². The fourth-order valence-electron chi connectivity index (χ4n) is 1.83. The lowest BCUT2D eigenvalue weighted by molar-refractivity contribution is 0.00578. The molecule has 5 heteroatoms. The second kappa shape index (κ2) is 4.25. The molecule has 0 aliphatic carbocycles. The van der Waals surface area contributed by atoms with Crippen LogP contribution in [-0.4, -0.2) is 28.1 Å². The minimum Gasteiger partial charge on any atom is -0.400 e. The Hall–Kier alpha value is -1.07. The lowest BCUT2D eigenvalue weighted by atomic mass is 9.89. The summed E-state index contributed by atoms with van der Waals surface area (Å²) < 4.78 is 13.6. The van der Waals surface area contributed by atoms with Gasteiger partial charge in [-0.2, -0.15) is 5.10 Å². The van der Waals surface area contributed by atoms with Crippen LogP contribution in [0.25, 0.3) is 6.08 Å². The third kappa shape index (κ3) is 2.25. The Bertz CT molecular complexity index is 461. The smallest absolute Gasteiger partial charge is 0.400 e. The zero-order valence-electron chi connectivity index (χ0n) is 12.0. The van der Waals surface area contributed by atoms with Crippen LogP contribution in [0.2, 0.25) is 0 Å². The lowest BCUT2D eigenvalue weighted by Gasteiger charge is -2.32. The van der Waals surface area contributed by atoms with E-state index in [1.54, 1.807) is 0 Å². The molecule has 0 saturated carbocycles. The molecule has 1 aliphatic heterocycles. The van der Waals surface area contributed by atoms with Gasteiger partial charge in [-0.05, 0) is 34.6 Å². The van der Waals surface area contributed by atoms with Crippen molar-refractivity contribution in [3.63, 3.8) is 0 Å². The molecule has 0 unspecified atom stereocenters. The summed E-state index contributed by atoms with van der Waals surface area (Å²) >= 11 is 0. The maximum Gasteiger partial charge on any atom is 0.487 e. The van der Waals surface area contributed by atoms with Gasteiger partial charge in [-0.25, -0.2) is 0 Å². The molecule has 1 aromatic heterocycles. The molecule has 0 bridgehead atoms. The van der Waals surface area contributed by atoms with Gasteiger partial charge >= 0.3 is 7.12 Å². The maximum absolute atomic E-state index is 5.90. The Kier molecular flexibility index (Phi) is 3.15. The van der Waals surface area contributed by atoms with Crippen molar-refractivity contribution in [3.8, 4) is 0 Å². The van der Waals surface area contributed by atoms with Crippen LogP contribution in [0.4, 0.5) is 0 Å². The summed E-state index contributed by atoms with van der Waals surface area (Å²) in [4.78, 5) is 0. The molecule has 0 amide bonds. The molecule has 98 valence electrons. The van der Waals surface area contributed by atoms with Crippen molar-refractivity contribution in [2.45, 2.75) is 45.8 Å². The molecule has 0 spiro atoms. The van der Waals surface area contributed by atoms with Crippen LogP contribution in [-0.2, 0) is 16.4 Å². The second-order valence-corrected chi connectivity index (χ2v) is 5.79. The van der Waals surface area contributed by atoms with E-state index in [-0.39, 0.29) is 18.3 Å².